The zero-order valence-electron chi connectivity index (χ0n) is 39.9. The standard InChI is InChI=1S/C47H51N3O22/c1-28-7-11-39(49(19-43(56)68-23-63-29(2)51)20-44(57)69-24-64-30(3)52)41(15-28)61-13-14-62-42-18-35(37-16-34-8-9-36(17-38(34)48-37)47(60)72-27-67-33(6)55)10-12-40(42)50(21-45(58)70-25-65-31(4)53)22-46(59)71-26-66-32(5)54/h7-12,15-18,48H,13-14,19-27H2,1-6H3. The van der Waals surface area contributed by atoms with Gasteiger partial charge in [-0.25, -0.2) is 4.79 Å². The van der Waals surface area contributed by atoms with Crippen LogP contribution in [0.15, 0.2) is 60.7 Å². The summed E-state index contributed by atoms with van der Waals surface area (Å²) in [6, 6.07) is 16.0. The van der Waals surface area contributed by atoms with Crippen LogP contribution in [0.3, 0.4) is 0 Å². The van der Waals surface area contributed by atoms with Crippen molar-refractivity contribution in [1.29, 1.82) is 0 Å². The third-order valence-electron chi connectivity index (χ3n) is 9.18. The first kappa shape index (κ1) is 55.7. The number of ether oxygens (including phenoxy) is 12. The number of nitrogens with zero attached hydrogens (tertiary/aromatic N) is 2. The number of carbonyl (C=O) groups excluding carboxylic acids is 10. The number of nitrogens with one attached hydrogen (secondary N) is 1. The Labute approximate surface area is 410 Å². The summed E-state index contributed by atoms with van der Waals surface area (Å²) in [5.41, 5.74) is 2.69. The van der Waals surface area contributed by atoms with E-state index in [9.17, 15) is 47.9 Å². The highest BCUT2D eigenvalue weighted by Gasteiger charge is 2.24. The Morgan fingerprint density at radius 3 is 1.28 bits per heavy atom. The van der Waals surface area contributed by atoms with Gasteiger partial charge in [0.15, 0.2) is 0 Å². The number of carbonyl (C=O) groups is 10. The molecule has 386 valence electrons. The van der Waals surface area contributed by atoms with Gasteiger partial charge in [0.05, 0.1) is 16.9 Å². The lowest BCUT2D eigenvalue weighted by atomic mass is 10.1. The maximum absolute atomic E-state index is 13.1. The molecule has 0 aliphatic rings. The molecule has 0 aliphatic carbocycles. The Hall–Kier alpha value is -8.90. The maximum atomic E-state index is 13.1. The molecule has 0 saturated heterocycles. The van der Waals surface area contributed by atoms with Crippen LogP contribution in [-0.2, 0) is 90.5 Å². The Bertz CT molecular complexity index is 2560. The molecule has 0 amide bonds. The van der Waals surface area contributed by atoms with Crippen molar-refractivity contribution in [1.82, 2.24) is 4.98 Å². The summed E-state index contributed by atoms with van der Waals surface area (Å²) < 4.78 is 61.1. The number of H-pyrrole nitrogens is 1. The van der Waals surface area contributed by atoms with Crippen molar-refractivity contribution in [3.8, 4) is 22.8 Å². The molecule has 0 radical (unpaired) electrons. The number of fused-ring (bicyclic) bond motifs is 1. The highest BCUT2D eigenvalue weighted by Crippen LogP contribution is 2.36. The van der Waals surface area contributed by atoms with Gasteiger partial charge in [0.25, 0.3) is 0 Å². The average Bonchev–Trinajstić information content (AvgIpc) is 3.73. The monoisotopic (exact) mass is 1010 g/mol. The summed E-state index contributed by atoms with van der Waals surface area (Å²) in [5, 5.41) is 0.674. The molecule has 0 aliphatic heterocycles. The van der Waals surface area contributed by atoms with E-state index >= 15 is 0 Å². The minimum atomic E-state index is -0.942. The van der Waals surface area contributed by atoms with E-state index in [1.54, 1.807) is 49.4 Å². The maximum Gasteiger partial charge on any atom is 0.341 e. The molecular formula is C47H51N3O22. The summed E-state index contributed by atoms with van der Waals surface area (Å²) in [6.45, 7) is 1.05. The zero-order valence-corrected chi connectivity index (χ0v) is 39.9. The first-order chi connectivity index (χ1) is 34.3. The van der Waals surface area contributed by atoms with Gasteiger partial charge in [-0.15, -0.1) is 0 Å². The van der Waals surface area contributed by atoms with Crippen LogP contribution < -0.4 is 19.3 Å². The molecule has 0 saturated carbocycles. The number of anilines is 2. The summed E-state index contributed by atoms with van der Waals surface area (Å²) in [7, 11) is 0. The third-order valence-corrected chi connectivity index (χ3v) is 9.18. The van der Waals surface area contributed by atoms with E-state index in [2.05, 4.69) is 4.98 Å². The van der Waals surface area contributed by atoms with Gasteiger partial charge in [-0.1, -0.05) is 18.2 Å². The van der Waals surface area contributed by atoms with Crippen molar-refractivity contribution < 1.29 is 105 Å². The molecule has 1 aromatic heterocycles. The lowest BCUT2D eigenvalue weighted by Gasteiger charge is -2.26. The normalized spacial score (nSPS) is 10.4. The molecule has 3 aromatic carbocycles. The summed E-state index contributed by atoms with van der Waals surface area (Å²) >= 11 is 0. The van der Waals surface area contributed by atoms with Crippen LogP contribution in [-0.4, -0.2) is 138 Å². The molecule has 25 nitrogen and oxygen atoms in total. The van der Waals surface area contributed by atoms with Crippen molar-refractivity contribution in [2.45, 2.75) is 41.5 Å². The Morgan fingerprint density at radius 1 is 0.444 bits per heavy atom. The van der Waals surface area contributed by atoms with E-state index in [0.29, 0.717) is 27.7 Å². The Kier molecular flexibility index (Phi) is 21.6. The molecule has 0 fully saturated rings. The van der Waals surface area contributed by atoms with E-state index in [0.717, 1.165) is 27.7 Å². The second-order valence-electron chi connectivity index (χ2n) is 14.8. The van der Waals surface area contributed by atoms with Crippen molar-refractivity contribution in [3.05, 3.63) is 71.8 Å². The fraction of sp³-hybridized carbons (Fsp3) is 0.362. The molecule has 72 heavy (non-hydrogen) atoms. The number of rotatable bonds is 27. The van der Waals surface area contributed by atoms with Crippen LogP contribution >= 0.6 is 0 Å². The van der Waals surface area contributed by atoms with Crippen LogP contribution in [0.1, 0.15) is 50.5 Å². The van der Waals surface area contributed by atoms with E-state index in [1.165, 1.54) is 34.9 Å². The lowest BCUT2D eigenvalue weighted by Crippen LogP contribution is -2.37. The van der Waals surface area contributed by atoms with Crippen molar-refractivity contribution in [3.63, 3.8) is 0 Å². The number of benzene rings is 3. The highest BCUT2D eigenvalue weighted by molar-refractivity contribution is 5.96. The number of hydrogen-bond acceptors (Lipinski definition) is 24. The lowest BCUT2D eigenvalue weighted by molar-refractivity contribution is -0.167. The SMILES string of the molecule is CC(=O)OCOC(=O)CN(CC(=O)OCOC(C)=O)c1ccc(C)cc1OCCOc1cc(-c2cc3ccc(C(=O)OCOC(C)=O)cc3[nH]2)ccc1N(CC(=O)OCOC(C)=O)CC(=O)OCOC(C)=O. The average molecular weight is 1010 g/mol. The van der Waals surface area contributed by atoms with E-state index in [4.69, 9.17) is 56.8 Å². The fourth-order valence-electron chi connectivity index (χ4n) is 5.99. The van der Waals surface area contributed by atoms with Gasteiger partial charge in [0.2, 0.25) is 34.0 Å². The van der Waals surface area contributed by atoms with Gasteiger partial charge in [-0.05, 0) is 55.0 Å². The van der Waals surface area contributed by atoms with Crippen LogP contribution in [0.25, 0.3) is 22.2 Å². The quantitative estimate of drug-likeness (QED) is 0.0388. The first-order valence-electron chi connectivity index (χ1n) is 21.4. The van der Waals surface area contributed by atoms with Crippen LogP contribution in [0.2, 0.25) is 0 Å². The second kappa shape index (κ2) is 27.9. The third kappa shape index (κ3) is 19.2. The minimum Gasteiger partial charge on any atom is -0.488 e. The summed E-state index contributed by atoms with van der Waals surface area (Å²) in [5.74, 6) is -7.74. The van der Waals surface area contributed by atoms with Gasteiger partial charge in [0, 0.05) is 56.8 Å². The summed E-state index contributed by atoms with van der Waals surface area (Å²) in [6.07, 6.45) is 0. The Morgan fingerprint density at radius 2 is 0.847 bits per heavy atom. The van der Waals surface area contributed by atoms with Gasteiger partial charge < -0.3 is 71.6 Å². The van der Waals surface area contributed by atoms with E-state index in [-0.39, 0.29) is 41.7 Å². The molecule has 0 spiro atoms. The van der Waals surface area contributed by atoms with E-state index < -0.39 is 120 Å². The number of aromatic nitrogens is 1. The molecule has 25 heteroatoms. The fourth-order valence-corrected chi connectivity index (χ4v) is 5.99. The smallest absolute Gasteiger partial charge is 0.341 e. The first-order valence-corrected chi connectivity index (χ1v) is 21.4. The topological polar surface area (TPSA) is 304 Å². The van der Waals surface area contributed by atoms with E-state index in [1.807, 2.05) is 0 Å². The van der Waals surface area contributed by atoms with Crippen molar-refractivity contribution in [2.24, 2.45) is 0 Å². The van der Waals surface area contributed by atoms with Gasteiger partial charge in [-0.2, -0.15) is 0 Å². The van der Waals surface area contributed by atoms with Crippen LogP contribution in [0.5, 0.6) is 11.5 Å². The molecule has 4 rings (SSSR count). The minimum absolute atomic E-state index is 0.0576. The van der Waals surface area contributed by atoms with Crippen LogP contribution in [0.4, 0.5) is 11.4 Å². The zero-order chi connectivity index (χ0) is 52.7. The number of aromatic amines is 1. The molecule has 1 heterocycles. The predicted octanol–water partition coefficient (Wildman–Crippen LogP) is 3.15. The Balaban J connectivity index is 1.69. The predicted molar refractivity (Wildman–Crippen MR) is 243 cm³/mol. The molecular weight excluding hydrogens is 959 g/mol. The highest BCUT2D eigenvalue weighted by atomic mass is 16.7. The number of aryl methyl sites for hydroxylation is 1. The van der Waals surface area contributed by atoms with Crippen molar-refractivity contribution >= 4 is 82.0 Å². The number of hydrogen-bond donors (Lipinski definition) is 1. The van der Waals surface area contributed by atoms with Gasteiger partial charge in [0.1, 0.15) is 50.9 Å². The van der Waals surface area contributed by atoms with Crippen LogP contribution in [0, 0.1) is 6.92 Å². The second-order valence-corrected chi connectivity index (χ2v) is 14.8. The summed E-state index contributed by atoms with van der Waals surface area (Å²) in [4.78, 5) is 127. The molecule has 0 bridgehead atoms. The molecule has 4 aromatic rings. The van der Waals surface area contributed by atoms with Gasteiger partial charge >= 0.3 is 59.7 Å². The largest absolute Gasteiger partial charge is 0.488 e. The molecule has 0 unspecified atom stereocenters. The number of esters is 10. The van der Waals surface area contributed by atoms with Crippen molar-refractivity contribution in [2.75, 3.05) is 83.2 Å². The van der Waals surface area contributed by atoms with Gasteiger partial charge in [-0.3, -0.25) is 43.2 Å². The molecule has 0 atom stereocenters. The molecule has 1 N–H and O–H groups in total.